The largest absolute Gasteiger partial charge is 0.462 e. The second kappa shape index (κ2) is 46.2. The van der Waals surface area contributed by atoms with E-state index in [1.54, 1.807) is 0 Å². The minimum absolute atomic E-state index is 0.139. The third-order valence-corrected chi connectivity index (χ3v) is 8.86. The van der Waals surface area contributed by atoms with Crippen LogP contribution in [0.1, 0.15) is 162 Å². The molecule has 0 heterocycles. The number of unbranched alkanes of at least 4 members (excludes halogenated alkanes) is 12. The maximum absolute atomic E-state index is 12.7. The minimum Gasteiger partial charge on any atom is -0.462 e. The Morgan fingerprint density at radius 3 is 1.27 bits per heavy atom. The lowest BCUT2D eigenvalue weighted by atomic mass is 10.1. The second-order valence-electron chi connectivity index (χ2n) is 14.4. The summed E-state index contributed by atoms with van der Waals surface area (Å²) in [6.45, 7) is 6.18. The predicted octanol–water partition coefficient (Wildman–Crippen LogP) is 14.7. The van der Waals surface area contributed by atoms with Crippen molar-refractivity contribution in [3.63, 3.8) is 0 Å². The van der Waals surface area contributed by atoms with E-state index in [2.05, 4.69) is 63.3 Å². The molecule has 0 rings (SSSR count). The van der Waals surface area contributed by atoms with Crippen molar-refractivity contribution >= 4 is 17.9 Å². The smallest absolute Gasteiger partial charge is 0.306 e. The molecule has 0 fully saturated rings. The van der Waals surface area contributed by atoms with Gasteiger partial charge in [-0.25, -0.2) is 0 Å². The molecule has 328 valence electrons. The summed E-state index contributed by atoms with van der Waals surface area (Å²) in [6.07, 6.45) is 64.4. The van der Waals surface area contributed by atoms with Gasteiger partial charge in [0.25, 0.3) is 0 Å². The van der Waals surface area contributed by atoms with Crippen LogP contribution in [0.2, 0.25) is 0 Å². The highest BCUT2D eigenvalue weighted by molar-refractivity contribution is 5.71. The van der Waals surface area contributed by atoms with Gasteiger partial charge in [-0.05, 0) is 77.0 Å². The Balaban J connectivity index is 4.64. The average Bonchev–Trinajstić information content (AvgIpc) is 3.23. The van der Waals surface area contributed by atoms with Crippen LogP contribution in [0.4, 0.5) is 0 Å². The van der Waals surface area contributed by atoms with Crippen molar-refractivity contribution in [2.24, 2.45) is 0 Å². The van der Waals surface area contributed by atoms with E-state index < -0.39 is 6.10 Å². The summed E-state index contributed by atoms with van der Waals surface area (Å²) in [5.41, 5.74) is 0. The van der Waals surface area contributed by atoms with Gasteiger partial charge in [0.15, 0.2) is 6.10 Å². The highest BCUT2D eigenvalue weighted by Gasteiger charge is 2.19. The van der Waals surface area contributed by atoms with Crippen molar-refractivity contribution in [3.05, 3.63) is 134 Å². The Labute approximate surface area is 360 Å². The molecule has 6 nitrogen and oxygen atoms in total. The summed E-state index contributed by atoms with van der Waals surface area (Å²) in [4.78, 5) is 37.7. The first kappa shape index (κ1) is 54.6. The van der Waals surface area contributed by atoms with Crippen LogP contribution in [-0.4, -0.2) is 37.2 Å². The first-order valence-corrected chi connectivity index (χ1v) is 22.8. The number of hydrogen-bond donors (Lipinski definition) is 0. The summed E-state index contributed by atoms with van der Waals surface area (Å²) in [5.74, 6) is -1.10. The van der Waals surface area contributed by atoms with E-state index in [4.69, 9.17) is 14.2 Å². The number of carbonyl (C=O) groups excluding carboxylic acids is 3. The van der Waals surface area contributed by atoms with Gasteiger partial charge in [0.1, 0.15) is 13.2 Å². The van der Waals surface area contributed by atoms with Crippen molar-refractivity contribution in [3.8, 4) is 0 Å². The van der Waals surface area contributed by atoms with Gasteiger partial charge in [0, 0.05) is 19.3 Å². The Bertz CT molecular complexity index is 1350. The standard InChI is InChI=1S/C53H80O6/c1-4-7-10-13-16-19-22-25-26-29-31-34-37-40-43-46-52(55)58-49-50(59-53(56)47-44-41-38-35-32-28-24-21-18-15-12-9-6-3)48-57-51(54)45-42-39-36-33-30-27-23-20-17-14-11-8-5-2/h7,9-10,12-13,15-16,18-19,21-22,24-32,36,39,50H,4-6,8,11,14,17,20,23,33-35,37-38,40-49H2,1-3H3/b10-7-,12-9-,16-13-,18-15-,22-19-,24-21-,26-25-,30-27-,31-29-,32-28-,39-36-. The van der Waals surface area contributed by atoms with Crippen LogP contribution in [0, 0.1) is 0 Å². The monoisotopic (exact) mass is 813 g/mol. The van der Waals surface area contributed by atoms with Crippen molar-refractivity contribution in [2.75, 3.05) is 13.2 Å². The molecular formula is C53H80O6. The third-order valence-electron chi connectivity index (χ3n) is 8.86. The molecule has 0 aliphatic rings. The number of esters is 3. The summed E-state index contributed by atoms with van der Waals surface area (Å²) in [6, 6.07) is 0. The van der Waals surface area contributed by atoms with Gasteiger partial charge >= 0.3 is 17.9 Å². The van der Waals surface area contributed by atoms with Crippen molar-refractivity contribution in [1.29, 1.82) is 0 Å². The highest BCUT2D eigenvalue weighted by Crippen LogP contribution is 2.10. The second-order valence-corrected chi connectivity index (χ2v) is 14.4. The van der Waals surface area contributed by atoms with Crippen LogP contribution in [0.25, 0.3) is 0 Å². The number of allylic oxidation sites excluding steroid dienone is 22. The number of ether oxygens (including phenoxy) is 3. The minimum atomic E-state index is -0.842. The van der Waals surface area contributed by atoms with Crippen LogP contribution in [0.15, 0.2) is 134 Å². The molecule has 0 aromatic rings. The van der Waals surface area contributed by atoms with Gasteiger partial charge in [-0.15, -0.1) is 0 Å². The summed E-state index contributed by atoms with van der Waals surface area (Å²) in [5, 5.41) is 0. The van der Waals surface area contributed by atoms with E-state index >= 15 is 0 Å². The molecule has 59 heavy (non-hydrogen) atoms. The topological polar surface area (TPSA) is 78.9 Å². The van der Waals surface area contributed by atoms with E-state index in [-0.39, 0.29) is 50.4 Å². The zero-order valence-corrected chi connectivity index (χ0v) is 37.2. The van der Waals surface area contributed by atoms with Gasteiger partial charge in [0.2, 0.25) is 0 Å². The molecule has 0 aliphatic carbocycles. The molecule has 0 saturated heterocycles. The van der Waals surface area contributed by atoms with Gasteiger partial charge in [-0.1, -0.05) is 199 Å². The van der Waals surface area contributed by atoms with Crippen LogP contribution < -0.4 is 0 Å². The highest BCUT2D eigenvalue weighted by atomic mass is 16.6. The van der Waals surface area contributed by atoms with Gasteiger partial charge in [-0.2, -0.15) is 0 Å². The lowest BCUT2D eigenvalue weighted by molar-refractivity contribution is -0.166. The van der Waals surface area contributed by atoms with Crippen molar-refractivity contribution in [1.82, 2.24) is 0 Å². The molecule has 0 amide bonds. The molecule has 1 atom stereocenters. The van der Waals surface area contributed by atoms with E-state index in [1.807, 2.05) is 91.1 Å². The third kappa shape index (κ3) is 44.5. The molecule has 0 saturated carbocycles. The van der Waals surface area contributed by atoms with E-state index in [9.17, 15) is 14.4 Å². The van der Waals surface area contributed by atoms with Crippen LogP contribution in [-0.2, 0) is 28.6 Å². The Hall–Kier alpha value is -4.45. The fourth-order valence-electron chi connectivity index (χ4n) is 5.46. The molecule has 0 spiro atoms. The first-order chi connectivity index (χ1) is 29.0. The molecule has 0 aliphatic heterocycles. The van der Waals surface area contributed by atoms with Crippen LogP contribution in [0.3, 0.4) is 0 Å². The van der Waals surface area contributed by atoms with Crippen LogP contribution in [0.5, 0.6) is 0 Å². The molecule has 0 aromatic carbocycles. The maximum atomic E-state index is 12.7. The Kier molecular flexibility index (Phi) is 42.8. The van der Waals surface area contributed by atoms with Crippen molar-refractivity contribution < 1.29 is 28.6 Å². The zero-order chi connectivity index (χ0) is 43.0. The summed E-state index contributed by atoms with van der Waals surface area (Å²) >= 11 is 0. The lowest BCUT2D eigenvalue weighted by Crippen LogP contribution is -2.30. The molecular weight excluding hydrogens is 733 g/mol. The van der Waals surface area contributed by atoms with E-state index in [0.29, 0.717) is 19.3 Å². The van der Waals surface area contributed by atoms with Gasteiger partial charge < -0.3 is 14.2 Å². The van der Waals surface area contributed by atoms with E-state index in [0.717, 1.165) is 64.2 Å². The summed E-state index contributed by atoms with van der Waals surface area (Å²) < 4.78 is 16.6. The Morgan fingerprint density at radius 1 is 0.373 bits per heavy atom. The van der Waals surface area contributed by atoms with Gasteiger partial charge in [-0.3, -0.25) is 14.4 Å². The first-order valence-electron chi connectivity index (χ1n) is 22.8. The fourth-order valence-corrected chi connectivity index (χ4v) is 5.46. The molecule has 0 radical (unpaired) electrons. The number of carbonyl (C=O) groups is 3. The fraction of sp³-hybridized carbons (Fsp3) is 0.528. The number of hydrogen-bond acceptors (Lipinski definition) is 6. The maximum Gasteiger partial charge on any atom is 0.306 e. The van der Waals surface area contributed by atoms with Crippen molar-refractivity contribution in [2.45, 2.75) is 168 Å². The van der Waals surface area contributed by atoms with E-state index in [1.165, 1.54) is 38.5 Å². The van der Waals surface area contributed by atoms with Crippen LogP contribution >= 0.6 is 0 Å². The molecule has 0 bridgehead atoms. The SMILES string of the molecule is CC\C=C/C=C\C=C/C=C\C=C/CCCCCC(=O)OCC(COC(=O)CC/C=C\C/C=C\CCCCCCCC)OC(=O)CCCCC\C=C/C=C\C=C/C=C\CC. The Morgan fingerprint density at radius 2 is 0.763 bits per heavy atom. The molecule has 6 heteroatoms. The summed E-state index contributed by atoms with van der Waals surface area (Å²) in [7, 11) is 0. The predicted molar refractivity (Wildman–Crippen MR) is 251 cm³/mol. The average molecular weight is 813 g/mol. The quantitative estimate of drug-likeness (QED) is 0.0203. The number of rotatable bonds is 38. The molecule has 0 N–H and O–H groups in total. The molecule has 0 aromatic heterocycles. The normalized spacial score (nSPS) is 13.3. The van der Waals surface area contributed by atoms with Gasteiger partial charge in [0.05, 0.1) is 0 Å². The lowest BCUT2D eigenvalue weighted by Gasteiger charge is -2.18. The zero-order valence-electron chi connectivity index (χ0n) is 37.2. The molecule has 1 unspecified atom stereocenters.